The Morgan fingerprint density at radius 2 is 1.56 bits per heavy atom. The Kier molecular flexibility index (Phi) is 9.98. The molecule has 0 radical (unpaired) electrons. The normalized spacial score (nSPS) is 11.6. The van der Waals surface area contributed by atoms with E-state index in [1.54, 1.807) is 0 Å². The molecule has 0 aliphatic rings. The van der Waals surface area contributed by atoms with Crippen LogP contribution in [0.15, 0.2) is 0 Å². The maximum atomic E-state index is 11.3. The van der Waals surface area contributed by atoms with Crippen LogP contribution in [0.25, 0.3) is 0 Å². The van der Waals surface area contributed by atoms with Crippen molar-refractivity contribution in [2.75, 3.05) is 26.4 Å². The van der Waals surface area contributed by atoms with Crippen LogP contribution in [-0.4, -0.2) is 38.0 Å². The van der Waals surface area contributed by atoms with Crippen molar-refractivity contribution in [2.45, 2.75) is 59.0 Å². The average molecular weight is 260 g/mol. The van der Waals surface area contributed by atoms with Gasteiger partial charge in [0.1, 0.15) is 12.2 Å². The fourth-order valence-corrected chi connectivity index (χ4v) is 1.36. The van der Waals surface area contributed by atoms with E-state index in [1.165, 1.54) is 0 Å². The van der Waals surface area contributed by atoms with Crippen LogP contribution in [0.3, 0.4) is 0 Å². The monoisotopic (exact) mass is 260 g/mol. The lowest BCUT2D eigenvalue weighted by Crippen LogP contribution is -2.26. The number of carbonyl (C=O) groups is 1. The highest BCUT2D eigenvalue weighted by atomic mass is 16.6. The Morgan fingerprint density at radius 1 is 0.944 bits per heavy atom. The number of hydrogen-bond acceptors (Lipinski definition) is 4. The third-order valence-corrected chi connectivity index (χ3v) is 2.07. The quantitative estimate of drug-likeness (QED) is 0.447. The van der Waals surface area contributed by atoms with Gasteiger partial charge in [0.25, 0.3) is 0 Å². The lowest BCUT2D eigenvalue weighted by Gasteiger charge is -2.19. The maximum Gasteiger partial charge on any atom is 0.332 e. The van der Waals surface area contributed by atoms with Crippen molar-refractivity contribution in [3.05, 3.63) is 0 Å². The predicted molar refractivity (Wildman–Crippen MR) is 71.6 cm³/mol. The number of esters is 1. The van der Waals surface area contributed by atoms with Crippen molar-refractivity contribution in [2.24, 2.45) is 0 Å². The molecule has 0 N–H and O–H groups in total. The minimum atomic E-state index is -0.433. The second kappa shape index (κ2) is 10.3. The van der Waals surface area contributed by atoms with Crippen molar-refractivity contribution >= 4 is 5.97 Å². The van der Waals surface area contributed by atoms with E-state index < -0.39 is 5.60 Å². The van der Waals surface area contributed by atoms with Crippen LogP contribution in [0.4, 0.5) is 0 Å². The number of ether oxygens (including phenoxy) is 3. The molecule has 0 heterocycles. The number of carbonyl (C=O) groups excluding carboxylic acids is 1. The van der Waals surface area contributed by atoms with E-state index in [0.717, 1.165) is 38.9 Å². The molecule has 0 saturated carbocycles. The summed E-state index contributed by atoms with van der Waals surface area (Å²) in [7, 11) is 0. The molecule has 4 nitrogen and oxygen atoms in total. The van der Waals surface area contributed by atoms with Crippen LogP contribution in [0, 0.1) is 0 Å². The molecule has 0 spiro atoms. The summed E-state index contributed by atoms with van der Waals surface area (Å²) in [6, 6.07) is 0. The third kappa shape index (κ3) is 13.5. The fourth-order valence-electron chi connectivity index (χ4n) is 1.36. The molecule has 0 bridgehead atoms. The summed E-state index contributed by atoms with van der Waals surface area (Å²) in [5.41, 5.74) is -0.433. The Hall–Kier alpha value is -0.610. The molecular formula is C14H28O4. The van der Waals surface area contributed by atoms with Crippen molar-refractivity contribution in [1.29, 1.82) is 0 Å². The van der Waals surface area contributed by atoms with Crippen molar-refractivity contribution in [1.82, 2.24) is 0 Å². The first kappa shape index (κ1) is 17.4. The zero-order chi connectivity index (χ0) is 13.9. The smallest absolute Gasteiger partial charge is 0.332 e. The van der Waals surface area contributed by atoms with Gasteiger partial charge < -0.3 is 14.2 Å². The second-order valence-corrected chi connectivity index (χ2v) is 5.31. The number of hydrogen-bond donors (Lipinski definition) is 0. The summed E-state index contributed by atoms with van der Waals surface area (Å²) < 4.78 is 15.7. The van der Waals surface area contributed by atoms with Crippen LogP contribution in [0.2, 0.25) is 0 Å². The van der Waals surface area contributed by atoms with Gasteiger partial charge in [0, 0.05) is 19.8 Å². The molecule has 0 amide bonds. The van der Waals surface area contributed by atoms with Gasteiger partial charge in [-0.1, -0.05) is 6.92 Å². The van der Waals surface area contributed by atoms with Crippen molar-refractivity contribution < 1.29 is 19.0 Å². The topological polar surface area (TPSA) is 44.8 Å². The van der Waals surface area contributed by atoms with Crippen molar-refractivity contribution in [3.8, 4) is 0 Å². The van der Waals surface area contributed by atoms with Crippen LogP contribution < -0.4 is 0 Å². The Bertz CT molecular complexity index is 208. The van der Waals surface area contributed by atoms with Gasteiger partial charge in [-0.3, -0.25) is 0 Å². The maximum absolute atomic E-state index is 11.3. The molecule has 0 atom stereocenters. The predicted octanol–water partition coefficient (Wildman–Crippen LogP) is 2.94. The molecule has 0 saturated heterocycles. The highest BCUT2D eigenvalue weighted by Gasteiger charge is 2.15. The van der Waals surface area contributed by atoms with E-state index >= 15 is 0 Å². The second-order valence-electron chi connectivity index (χ2n) is 5.31. The van der Waals surface area contributed by atoms with Crippen LogP contribution in [0.1, 0.15) is 53.4 Å². The first-order chi connectivity index (χ1) is 8.45. The van der Waals surface area contributed by atoms with Gasteiger partial charge in [0.2, 0.25) is 0 Å². The molecule has 108 valence electrons. The van der Waals surface area contributed by atoms with Gasteiger partial charge in [-0.25, -0.2) is 4.79 Å². The van der Waals surface area contributed by atoms with E-state index in [4.69, 9.17) is 14.2 Å². The highest BCUT2D eigenvalue weighted by Crippen LogP contribution is 2.07. The lowest BCUT2D eigenvalue weighted by atomic mass is 10.2. The minimum Gasteiger partial charge on any atom is -0.458 e. The summed E-state index contributed by atoms with van der Waals surface area (Å²) in [5.74, 6) is -0.297. The van der Waals surface area contributed by atoms with Gasteiger partial charge >= 0.3 is 5.97 Å². The minimum absolute atomic E-state index is 0.0452. The molecule has 0 aliphatic carbocycles. The zero-order valence-corrected chi connectivity index (χ0v) is 12.3. The largest absolute Gasteiger partial charge is 0.458 e. The summed E-state index contributed by atoms with van der Waals surface area (Å²) >= 11 is 0. The Morgan fingerprint density at radius 3 is 2.11 bits per heavy atom. The molecule has 0 fully saturated rings. The molecule has 0 aliphatic heterocycles. The third-order valence-electron chi connectivity index (χ3n) is 2.07. The first-order valence-corrected chi connectivity index (χ1v) is 6.83. The van der Waals surface area contributed by atoms with E-state index in [0.29, 0.717) is 6.61 Å². The van der Waals surface area contributed by atoms with E-state index in [-0.39, 0.29) is 12.6 Å². The van der Waals surface area contributed by atoms with Gasteiger partial charge in [0.15, 0.2) is 0 Å². The standard InChI is InChI=1S/C14H28O4/c1-5-9-16-10-7-6-8-11-17-12-13(15)18-14(2,3)4/h5-12H2,1-4H3. The fraction of sp³-hybridized carbons (Fsp3) is 0.929. The van der Waals surface area contributed by atoms with Crippen molar-refractivity contribution in [3.63, 3.8) is 0 Å². The molecule has 0 rings (SSSR count). The van der Waals surface area contributed by atoms with Crippen LogP contribution >= 0.6 is 0 Å². The van der Waals surface area contributed by atoms with E-state index in [1.807, 2.05) is 20.8 Å². The van der Waals surface area contributed by atoms with Gasteiger partial charge in [0.05, 0.1) is 0 Å². The molecule has 0 aromatic rings. The molecule has 0 unspecified atom stereocenters. The molecule has 0 aromatic carbocycles. The Balaban J connectivity index is 3.23. The molecule has 4 heteroatoms. The Labute approximate surface area is 111 Å². The summed E-state index contributed by atoms with van der Waals surface area (Å²) in [6.07, 6.45) is 4.14. The van der Waals surface area contributed by atoms with E-state index in [9.17, 15) is 4.79 Å². The van der Waals surface area contributed by atoms with Gasteiger partial charge in [-0.2, -0.15) is 0 Å². The van der Waals surface area contributed by atoms with E-state index in [2.05, 4.69) is 6.92 Å². The number of rotatable bonds is 10. The van der Waals surface area contributed by atoms with Gasteiger partial charge in [-0.15, -0.1) is 0 Å². The molecular weight excluding hydrogens is 232 g/mol. The molecule has 18 heavy (non-hydrogen) atoms. The lowest BCUT2D eigenvalue weighted by molar-refractivity contribution is -0.160. The van der Waals surface area contributed by atoms with Crippen LogP contribution in [-0.2, 0) is 19.0 Å². The summed E-state index contributed by atoms with van der Waals surface area (Å²) in [6.45, 7) is 9.96. The SMILES string of the molecule is CCCOCCCCCOCC(=O)OC(C)(C)C. The van der Waals surface area contributed by atoms with Crippen LogP contribution in [0.5, 0.6) is 0 Å². The zero-order valence-electron chi connectivity index (χ0n) is 12.3. The average Bonchev–Trinajstić information content (AvgIpc) is 2.24. The highest BCUT2D eigenvalue weighted by molar-refractivity contribution is 5.71. The first-order valence-electron chi connectivity index (χ1n) is 6.83. The summed E-state index contributed by atoms with van der Waals surface area (Å²) in [5, 5.41) is 0. The van der Waals surface area contributed by atoms with Gasteiger partial charge in [-0.05, 0) is 46.5 Å². The number of unbranched alkanes of at least 4 members (excludes halogenated alkanes) is 2. The summed E-state index contributed by atoms with van der Waals surface area (Å²) in [4.78, 5) is 11.3. The molecule has 0 aromatic heterocycles.